The molecule has 1 N–H and O–H groups in total. The summed E-state index contributed by atoms with van der Waals surface area (Å²) in [6.07, 6.45) is 1.60. The van der Waals surface area contributed by atoms with E-state index in [2.05, 4.69) is 4.98 Å². The van der Waals surface area contributed by atoms with Gasteiger partial charge in [0.2, 0.25) is 5.13 Å². The molecule has 0 bridgehead atoms. The van der Waals surface area contributed by atoms with Gasteiger partial charge in [0.05, 0.1) is 12.0 Å². The number of carbonyl (C=O) groups is 1. The summed E-state index contributed by atoms with van der Waals surface area (Å²) in [7, 11) is 0. The summed E-state index contributed by atoms with van der Waals surface area (Å²) < 4.78 is 7.21. The molecule has 4 aromatic rings. The van der Waals surface area contributed by atoms with Crippen LogP contribution in [0.5, 0.6) is 0 Å². The van der Waals surface area contributed by atoms with E-state index in [4.69, 9.17) is 14.6 Å². The van der Waals surface area contributed by atoms with Gasteiger partial charge in [0.25, 0.3) is 0 Å². The van der Waals surface area contributed by atoms with Crippen LogP contribution in [0.3, 0.4) is 0 Å². The van der Waals surface area contributed by atoms with Crippen LogP contribution in [0.25, 0.3) is 27.8 Å². The Bertz CT molecular complexity index is 1030. The van der Waals surface area contributed by atoms with Crippen molar-refractivity contribution in [3.05, 3.63) is 65.4 Å². The second-order valence-electron chi connectivity index (χ2n) is 5.40. The van der Waals surface area contributed by atoms with E-state index >= 15 is 0 Å². The maximum Gasteiger partial charge on any atom is 0.355 e. The third-order valence-corrected chi connectivity index (χ3v) is 4.63. The van der Waals surface area contributed by atoms with Crippen LogP contribution in [-0.4, -0.2) is 25.8 Å². The number of furan rings is 1. The topological polar surface area (TPSA) is 81.2 Å². The molecule has 3 aromatic heterocycles. The summed E-state index contributed by atoms with van der Waals surface area (Å²) in [5.41, 5.74) is 3.48. The average Bonchev–Trinajstić information content (AvgIpc) is 3.34. The third-order valence-electron chi connectivity index (χ3n) is 3.82. The minimum Gasteiger partial charge on any atom is -0.476 e. The lowest BCUT2D eigenvalue weighted by atomic mass is 10.1. The molecule has 0 saturated carbocycles. The molecule has 7 heteroatoms. The van der Waals surface area contributed by atoms with Crippen molar-refractivity contribution in [1.82, 2.24) is 14.8 Å². The lowest BCUT2D eigenvalue weighted by Crippen LogP contribution is -2.01. The van der Waals surface area contributed by atoms with E-state index in [1.165, 1.54) is 16.7 Å². The summed E-state index contributed by atoms with van der Waals surface area (Å²) in [4.78, 5) is 15.3. The van der Waals surface area contributed by atoms with Crippen LogP contribution in [0.1, 0.15) is 16.1 Å². The first-order valence-corrected chi connectivity index (χ1v) is 8.41. The normalized spacial score (nSPS) is 10.9. The molecule has 0 unspecified atom stereocenters. The second kappa shape index (κ2) is 6.03. The quantitative estimate of drug-likeness (QED) is 0.594. The Kier molecular flexibility index (Phi) is 3.70. The van der Waals surface area contributed by atoms with E-state index in [9.17, 15) is 4.79 Å². The van der Waals surface area contributed by atoms with Gasteiger partial charge in [-0.25, -0.2) is 14.5 Å². The van der Waals surface area contributed by atoms with Crippen molar-refractivity contribution in [3.8, 4) is 27.8 Å². The highest BCUT2D eigenvalue weighted by Crippen LogP contribution is 2.34. The number of thiazole rings is 1. The highest BCUT2D eigenvalue weighted by molar-refractivity contribution is 7.12. The Morgan fingerprint density at radius 3 is 2.64 bits per heavy atom. The zero-order valence-corrected chi connectivity index (χ0v) is 14.0. The SMILES string of the molecule is Cc1c(-c2ccccc2)nn(-c2nc(C(=O)O)cs2)c1-c1ccco1. The molecule has 25 heavy (non-hydrogen) atoms. The van der Waals surface area contributed by atoms with Gasteiger partial charge in [0.1, 0.15) is 5.69 Å². The van der Waals surface area contributed by atoms with Gasteiger partial charge in [-0.15, -0.1) is 11.3 Å². The number of benzene rings is 1. The summed E-state index contributed by atoms with van der Waals surface area (Å²) in [5, 5.41) is 15.8. The number of aromatic carboxylic acids is 1. The summed E-state index contributed by atoms with van der Waals surface area (Å²) in [6.45, 7) is 1.97. The summed E-state index contributed by atoms with van der Waals surface area (Å²) >= 11 is 1.23. The number of aromatic nitrogens is 3. The van der Waals surface area contributed by atoms with Gasteiger partial charge in [0, 0.05) is 16.5 Å². The van der Waals surface area contributed by atoms with Gasteiger partial charge < -0.3 is 9.52 Å². The molecular weight excluding hydrogens is 338 g/mol. The van der Waals surface area contributed by atoms with Crippen molar-refractivity contribution in [2.75, 3.05) is 0 Å². The Morgan fingerprint density at radius 1 is 1.20 bits per heavy atom. The lowest BCUT2D eigenvalue weighted by molar-refractivity contribution is 0.0691. The van der Waals surface area contributed by atoms with Gasteiger partial charge in [-0.05, 0) is 19.1 Å². The summed E-state index contributed by atoms with van der Waals surface area (Å²) in [5.74, 6) is -0.409. The summed E-state index contributed by atoms with van der Waals surface area (Å²) in [6, 6.07) is 13.5. The first-order chi connectivity index (χ1) is 12.1. The predicted molar refractivity (Wildman–Crippen MR) is 94.1 cm³/mol. The van der Waals surface area contributed by atoms with Crippen LogP contribution >= 0.6 is 11.3 Å². The number of hydrogen-bond acceptors (Lipinski definition) is 5. The molecule has 0 amide bonds. The van der Waals surface area contributed by atoms with Gasteiger partial charge in [-0.1, -0.05) is 30.3 Å². The molecule has 0 spiro atoms. The Labute approximate surface area is 147 Å². The standard InChI is InChI=1S/C18H13N3O3S/c1-11-15(12-6-3-2-4-7-12)20-21(16(11)14-8-5-9-24-14)18-19-13(10-25-18)17(22)23/h2-10H,1H3,(H,22,23). The van der Waals surface area contributed by atoms with E-state index < -0.39 is 5.97 Å². The molecule has 3 heterocycles. The largest absolute Gasteiger partial charge is 0.476 e. The molecule has 6 nitrogen and oxygen atoms in total. The first kappa shape index (κ1) is 15.3. The zero-order valence-electron chi connectivity index (χ0n) is 13.2. The number of carboxylic acid groups (broad SMARTS) is 1. The van der Waals surface area contributed by atoms with Gasteiger partial charge in [0.15, 0.2) is 11.5 Å². The van der Waals surface area contributed by atoms with Crippen LogP contribution in [0.15, 0.2) is 58.5 Å². The Hall–Kier alpha value is -3.19. The maximum atomic E-state index is 11.1. The zero-order chi connectivity index (χ0) is 17.4. The van der Waals surface area contributed by atoms with E-state index in [0.29, 0.717) is 10.9 Å². The number of rotatable bonds is 4. The maximum absolute atomic E-state index is 11.1. The molecule has 4 rings (SSSR count). The van der Waals surface area contributed by atoms with Crippen molar-refractivity contribution >= 4 is 17.3 Å². The van der Waals surface area contributed by atoms with Crippen LogP contribution in [0, 0.1) is 6.92 Å². The minimum atomic E-state index is -1.06. The van der Waals surface area contributed by atoms with Gasteiger partial charge in [-0.2, -0.15) is 5.10 Å². The average molecular weight is 351 g/mol. The highest BCUT2D eigenvalue weighted by Gasteiger charge is 2.22. The van der Waals surface area contributed by atoms with Crippen molar-refractivity contribution in [3.63, 3.8) is 0 Å². The van der Waals surface area contributed by atoms with Crippen molar-refractivity contribution in [2.24, 2.45) is 0 Å². The third kappa shape index (κ3) is 2.64. The monoisotopic (exact) mass is 351 g/mol. The molecular formula is C18H13N3O3S. The first-order valence-electron chi connectivity index (χ1n) is 7.53. The lowest BCUT2D eigenvalue weighted by Gasteiger charge is -2.02. The molecule has 0 aliphatic rings. The molecule has 0 aliphatic heterocycles. The molecule has 124 valence electrons. The van der Waals surface area contributed by atoms with Gasteiger partial charge in [-0.3, -0.25) is 0 Å². The predicted octanol–water partition coefficient (Wildman–Crippen LogP) is 4.26. The van der Waals surface area contributed by atoms with E-state index in [-0.39, 0.29) is 5.69 Å². The molecule has 0 radical (unpaired) electrons. The minimum absolute atomic E-state index is 0.000177. The van der Waals surface area contributed by atoms with E-state index in [1.807, 2.05) is 43.3 Å². The van der Waals surface area contributed by atoms with E-state index in [0.717, 1.165) is 22.5 Å². The van der Waals surface area contributed by atoms with Crippen molar-refractivity contribution < 1.29 is 14.3 Å². The number of nitrogens with zero attached hydrogens (tertiary/aromatic N) is 3. The fourth-order valence-electron chi connectivity index (χ4n) is 2.67. The molecule has 0 aliphatic carbocycles. The molecule has 0 fully saturated rings. The van der Waals surface area contributed by atoms with Gasteiger partial charge >= 0.3 is 5.97 Å². The Balaban J connectivity index is 1.94. The van der Waals surface area contributed by atoms with E-state index in [1.54, 1.807) is 17.0 Å². The Morgan fingerprint density at radius 2 is 2.00 bits per heavy atom. The van der Waals surface area contributed by atoms with Crippen LogP contribution in [-0.2, 0) is 0 Å². The number of hydrogen-bond donors (Lipinski definition) is 1. The fourth-order valence-corrected chi connectivity index (χ4v) is 3.42. The van der Waals surface area contributed by atoms with Crippen molar-refractivity contribution in [1.29, 1.82) is 0 Å². The smallest absolute Gasteiger partial charge is 0.355 e. The molecule has 0 atom stereocenters. The van der Waals surface area contributed by atoms with Crippen LogP contribution in [0.4, 0.5) is 0 Å². The molecule has 1 aromatic carbocycles. The highest BCUT2D eigenvalue weighted by atomic mass is 32.1. The van der Waals surface area contributed by atoms with Crippen LogP contribution < -0.4 is 0 Å². The van der Waals surface area contributed by atoms with Crippen molar-refractivity contribution in [2.45, 2.75) is 6.92 Å². The fraction of sp³-hybridized carbons (Fsp3) is 0.0556. The number of carboxylic acids is 1. The second-order valence-corrected chi connectivity index (χ2v) is 6.23. The van der Waals surface area contributed by atoms with Crippen LogP contribution in [0.2, 0.25) is 0 Å². The molecule has 0 saturated heterocycles.